The van der Waals surface area contributed by atoms with Crippen LogP contribution < -0.4 is 10.6 Å². The van der Waals surface area contributed by atoms with Crippen molar-refractivity contribution in [1.29, 1.82) is 0 Å². The van der Waals surface area contributed by atoms with Crippen LogP contribution in [0.3, 0.4) is 0 Å². The van der Waals surface area contributed by atoms with Crippen molar-refractivity contribution < 1.29 is 9.52 Å². The lowest BCUT2D eigenvalue weighted by molar-refractivity contribution is 0.0378. The molecule has 172 valence electrons. The highest BCUT2D eigenvalue weighted by Crippen LogP contribution is 2.22. The molecular formula is C26H31N5O2. The number of imidazole rings is 1. The molecule has 0 saturated carbocycles. The topological polar surface area (TPSA) is 87.6 Å². The van der Waals surface area contributed by atoms with Crippen molar-refractivity contribution in [2.75, 3.05) is 13.1 Å². The van der Waals surface area contributed by atoms with Gasteiger partial charge in [0.25, 0.3) is 0 Å². The maximum absolute atomic E-state index is 10.8. The van der Waals surface area contributed by atoms with E-state index in [-0.39, 0.29) is 6.54 Å². The van der Waals surface area contributed by atoms with E-state index in [1.807, 2.05) is 44.4 Å². The Labute approximate surface area is 194 Å². The number of hydrogen-bond donors (Lipinski definition) is 3. The van der Waals surface area contributed by atoms with Gasteiger partial charge in [0.05, 0.1) is 30.5 Å². The number of aliphatic hydroxyl groups is 1. The molecule has 0 aliphatic heterocycles. The van der Waals surface area contributed by atoms with Gasteiger partial charge in [-0.15, -0.1) is 0 Å². The average Bonchev–Trinajstić information content (AvgIpc) is 3.44. The molecule has 1 unspecified atom stereocenters. The number of aryl methyl sites for hydroxylation is 1. The summed E-state index contributed by atoms with van der Waals surface area (Å²) in [4.78, 5) is 9.13. The quantitative estimate of drug-likeness (QED) is 0.282. The summed E-state index contributed by atoms with van der Waals surface area (Å²) < 4.78 is 7.74. The van der Waals surface area contributed by atoms with Crippen LogP contribution in [0.15, 0.2) is 76.4 Å². The number of benzene rings is 2. The molecule has 0 aliphatic rings. The summed E-state index contributed by atoms with van der Waals surface area (Å²) in [5, 5.41) is 17.2. The molecule has 1 atom stereocenters. The predicted molar refractivity (Wildman–Crippen MR) is 131 cm³/mol. The molecule has 2 aromatic heterocycles. The van der Waals surface area contributed by atoms with E-state index in [2.05, 4.69) is 55.5 Å². The molecule has 0 spiro atoms. The minimum atomic E-state index is -1.14. The van der Waals surface area contributed by atoms with Gasteiger partial charge in [-0.1, -0.05) is 36.4 Å². The van der Waals surface area contributed by atoms with E-state index < -0.39 is 5.60 Å². The highest BCUT2D eigenvalue weighted by molar-refractivity contribution is 5.79. The third-order valence-corrected chi connectivity index (χ3v) is 5.54. The van der Waals surface area contributed by atoms with Crippen LogP contribution in [-0.2, 0) is 18.7 Å². The number of fused-ring (bicyclic) bond motifs is 1. The van der Waals surface area contributed by atoms with Crippen LogP contribution in [0.1, 0.15) is 36.5 Å². The molecule has 7 nitrogen and oxygen atoms in total. The van der Waals surface area contributed by atoms with E-state index in [1.165, 1.54) is 5.56 Å². The first-order valence-corrected chi connectivity index (χ1v) is 11.2. The van der Waals surface area contributed by atoms with E-state index in [4.69, 9.17) is 4.42 Å². The molecule has 0 radical (unpaired) electrons. The van der Waals surface area contributed by atoms with Crippen molar-refractivity contribution in [3.05, 3.63) is 89.6 Å². The van der Waals surface area contributed by atoms with Gasteiger partial charge in [0.15, 0.2) is 5.96 Å². The van der Waals surface area contributed by atoms with Crippen molar-refractivity contribution in [2.24, 2.45) is 4.99 Å². The molecule has 7 heteroatoms. The molecule has 0 fully saturated rings. The second-order valence-corrected chi connectivity index (χ2v) is 8.41. The Morgan fingerprint density at radius 1 is 1.06 bits per heavy atom. The number of para-hydroxylation sites is 2. The molecule has 2 heterocycles. The van der Waals surface area contributed by atoms with Crippen LogP contribution in [0.5, 0.6) is 0 Å². The minimum absolute atomic E-state index is 0.281. The van der Waals surface area contributed by atoms with Crippen molar-refractivity contribution in [3.8, 4) is 0 Å². The summed E-state index contributed by atoms with van der Waals surface area (Å²) >= 11 is 0. The lowest BCUT2D eigenvalue weighted by atomic mass is 10.0. The highest BCUT2D eigenvalue weighted by atomic mass is 16.4. The highest BCUT2D eigenvalue weighted by Gasteiger charge is 2.27. The maximum Gasteiger partial charge on any atom is 0.191 e. The summed E-state index contributed by atoms with van der Waals surface area (Å²) in [6.07, 6.45) is 1.89. The number of nitrogens with zero attached hydrogens (tertiary/aromatic N) is 3. The van der Waals surface area contributed by atoms with Gasteiger partial charge in [-0.25, -0.2) is 9.98 Å². The van der Waals surface area contributed by atoms with Crippen LogP contribution in [0.25, 0.3) is 11.0 Å². The van der Waals surface area contributed by atoms with Gasteiger partial charge in [0.2, 0.25) is 0 Å². The number of furan rings is 1. The fourth-order valence-electron chi connectivity index (χ4n) is 3.66. The van der Waals surface area contributed by atoms with E-state index in [0.29, 0.717) is 18.3 Å². The number of hydrogen-bond acceptors (Lipinski definition) is 4. The van der Waals surface area contributed by atoms with Gasteiger partial charge < -0.3 is 24.7 Å². The predicted octanol–water partition coefficient (Wildman–Crippen LogP) is 3.95. The van der Waals surface area contributed by atoms with Gasteiger partial charge in [-0.05, 0) is 56.2 Å². The van der Waals surface area contributed by atoms with Crippen molar-refractivity contribution >= 4 is 17.0 Å². The molecule has 0 bridgehead atoms. The summed E-state index contributed by atoms with van der Waals surface area (Å²) in [6, 6.07) is 20.3. The number of aromatic nitrogens is 2. The monoisotopic (exact) mass is 445 g/mol. The Balaban J connectivity index is 1.37. The Morgan fingerprint density at radius 2 is 1.82 bits per heavy atom. The smallest absolute Gasteiger partial charge is 0.191 e. The standard InChI is InChI=1S/C26H31N5O2/c1-4-27-25(29-17-26(3,32)24-14-9-19(2)33-24)28-15-20-10-12-21(13-11-20)16-31-18-30-22-7-5-6-8-23(22)31/h5-14,18,32H,4,15-17H2,1-3H3,(H2,27,28,29). The Morgan fingerprint density at radius 3 is 2.55 bits per heavy atom. The number of aliphatic imine (C=N–C) groups is 1. The van der Waals surface area contributed by atoms with Gasteiger partial charge in [-0.3, -0.25) is 0 Å². The van der Waals surface area contributed by atoms with E-state index in [1.54, 1.807) is 13.0 Å². The van der Waals surface area contributed by atoms with Crippen molar-refractivity contribution in [2.45, 2.75) is 39.5 Å². The molecule has 4 rings (SSSR count). The first-order valence-electron chi connectivity index (χ1n) is 11.2. The van der Waals surface area contributed by atoms with E-state index >= 15 is 0 Å². The van der Waals surface area contributed by atoms with Crippen LogP contribution in [-0.4, -0.2) is 33.7 Å². The summed E-state index contributed by atoms with van der Waals surface area (Å²) in [5.74, 6) is 1.95. The average molecular weight is 446 g/mol. The number of guanidine groups is 1. The minimum Gasteiger partial charge on any atom is -0.463 e. The lowest BCUT2D eigenvalue weighted by Crippen LogP contribution is -2.44. The van der Waals surface area contributed by atoms with E-state index in [9.17, 15) is 5.11 Å². The first-order chi connectivity index (χ1) is 15.9. The third kappa shape index (κ3) is 5.62. The van der Waals surface area contributed by atoms with Gasteiger partial charge >= 0.3 is 0 Å². The second-order valence-electron chi connectivity index (χ2n) is 8.41. The molecular weight excluding hydrogens is 414 g/mol. The number of nitrogens with one attached hydrogen (secondary N) is 2. The fourth-order valence-corrected chi connectivity index (χ4v) is 3.66. The van der Waals surface area contributed by atoms with Crippen molar-refractivity contribution in [1.82, 2.24) is 20.2 Å². The zero-order chi connectivity index (χ0) is 23.3. The molecule has 0 amide bonds. The van der Waals surface area contributed by atoms with E-state index in [0.717, 1.165) is 35.4 Å². The zero-order valence-corrected chi connectivity index (χ0v) is 19.4. The normalized spacial score (nSPS) is 13.8. The maximum atomic E-state index is 10.8. The summed E-state index contributed by atoms with van der Waals surface area (Å²) in [6.45, 7) is 7.92. The van der Waals surface area contributed by atoms with Gasteiger partial charge in [-0.2, -0.15) is 0 Å². The Kier molecular flexibility index (Phi) is 6.79. The van der Waals surface area contributed by atoms with Crippen molar-refractivity contribution in [3.63, 3.8) is 0 Å². The Hall–Kier alpha value is -3.58. The number of rotatable bonds is 8. The zero-order valence-electron chi connectivity index (χ0n) is 19.4. The largest absolute Gasteiger partial charge is 0.463 e. The van der Waals surface area contributed by atoms with Crippen LogP contribution in [0.2, 0.25) is 0 Å². The van der Waals surface area contributed by atoms with Crippen LogP contribution >= 0.6 is 0 Å². The van der Waals surface area contributed by atoms with Crippen LogP contribution in [0, 0.1) is 6.92 Å². The van der Waals surface area contributed by atoms with Crippen LogP contribution in [0.4, 0.5) is 0 Å². The van der Waals surface area contributed by atoms with Gasteiger partial charge in [0, 0.05) is 13.1 Å². The lowest BCUT2D eigenvalue weighted by Gasteiger charge is -2.22. The molecule has 2 aromatic carbocycles. The molecule has 33 heavy (non-hydrogen) atoms. The Bertz CT molecular complexity index is 1220. The fraction of sp³-hybridized carbons (Fsp3) is 0.308. The summed E-state index contributed by atoms with van der Waals surface area (Å²) in [7, 11) is 0. The molecule has 4 aromatic rings. The van der Waals surface area contributed by atoms with Gasteiger partial charge in [0.1, 0.15) is 17.1 Å². The third-order valence-electron chi connectivity index (χ3n) is 5.54. The molecule has 0 saturated heterocycles. The first kappa shape index (κ1) is 22.6. The molecule has 0 aliphatic carbocycles. The second kappa shape index (κ2) is 9.92. The molecule has 3 N–H and O–H groups in total. The summed E-state index contributed by atoms with van der Waals surface area (Å²) in [5.41, 5.74) is 3.32. The SMILES string of the molecule is CCNC(=NCc1ccc(Cn2cnc3ccccc32)cc1)NCC(C)(O)c1ccc(C)o1.